The van der Waals surface area contributed by atoms with Crippen molar-refractivity contribution in [3.8, 4) is 0 Å². The van der Waals surface area contributed by atoms with E-state index in [9.17, 15) is 14.4 Å². The van der Waals surface area contributed by atoms with Gasteiger partial charge in [0.2, 0.25) is 5.91 Å². The summed E-state index contributed by atoms with van der Waals surface area (Å²) in [6, 6.07) is -0.785. The van der Waals surface area contributed by atoms with Gasteiger partial charge in [-0.25, -0.2) is 0 Å². The van der Waals surface area contributed by atoms with Gasteiger partial charge < -0.3 is 16.2 Å². The zero-order valence-electron chi connectivity index (χ0n) is 11.1. The van der Waals surface area contributed by atoms with Gasteiger partial charge in [0.25, 0.3) is 0 Å². The SMILES string of the molecule is CC(C)(C)C(=O)C(CN)NC(=O)C(CC(=O)O)SI. The molecule has 2 atom stereocenters. The lowest BCUT2D eigenvalue weighted by Gasteiger charge is -2.25. The van der Waals surface area contributed by atoms with Crippen LogP contribution in [0.25, 0.3) is 0 Å². The fourth-order valence-corrected chi connectivity index (χ4v) is 2.93. The van der Waals surface area contributed by atoms with Crippen LogP contribution >= 0.6 is 30.1 Å². The van der Waals surface area contributed by atoms with Crippen LogP contribution in [0.5, 0.6) is 0 Å². The van der Waals surface area contributed by atoms with E-state index in [0.29, 0.717) is 0 Å². The number of nitrogens with two attached hydrogens (primary N) is 1. The molecule has 1 amide bonds. The summed E-state index contributed by atoms with van der Waals surface area (Å²) >= 11 is 1.87. The lowest BCUT2D eigenvalue weighted by atomic mass is 9.86. The van der Waals surface area contributed by atoms with Gasteiger partial charge in [0, 0.05) is 12.0 Å². The molecule has 0 bridgehead atoms. The first-order valence-electron chi connectivity index (χ1n) is 5.67. The number of halogens is 1. The number of hydrogen-bond donors (Lipinski definition) is 3. The van der Waals surface area contributed by atoms with Crippen molar-refractivity contribution >= 4 is 47.8 Å². The van der Waals surface area contributed by atoms with Crippen molar-refractivity contribution in [3.05, 3.63) is 0 Å². The topological polar surface area (TPSA) is 109 Å². The molecule has 0 heterocycles. The van der Waals surface area contributed by atoms with Gasteiger partial charge in [-0.15, -0.1) is 0 Å². The summed E-state index contributed by atoms with van der Waals surface area (Å²) in [5.41, 5.74) is 4.89. The van der Waals surface area contributed by atoms with E-state index in [-0.39, 0.29) is 18.7 Å². The first kappa shape index (κ1) is 18.7. The lowest BCUT2D eigenvalue weighted by Crippen LogP contribution is -2.52. The molecule has 4 N–H and O–H groups in total. The maximum Gasteiger partial charge on any atom is 0.305 e. The zero-order valence-corrected chi connectivity index (χ0v) is 14.1. The molecular weight excluding hydrogens is 383 g/mol. The number of carbonyl (C=O) groups is 3. The smallest absolute Gasteiger partial charge is 0.305 e. The predicted molar refractivity (Wildman–Crippen MR) is 83.1 cm³/mol. The number of amides is 1. The van der Waals surface area contributed by atoms with Crippen LogP contribution in [0.15, 0.2) is 0 Å². The number of aliphatic carboxylic acids is 1. The summed E-state index contributed by atoms with van der Waals surface area (Å²) in [7, 11) is 1.10. The molecule has 0 radical (unpaired) electrons. The molecule has 0 saturated heterocycles. The maximum atomic E-state index is 12.0. The number of Topliss-reactive ketones (excluding diaryl/α,β-unsaturated/α-hetero) is 1. The van der Waals surface area contributed by atoms with Gasteiger partial charge in [-0.3, -0.25) is 14.4 Å². The fraction of sp³-hybridized carbons (Fsp3) is 0.727. The molecule has 0 spiro atoms. The minimum absolute atomic E-state index is 0.00640. The molecule has 0 rings (SSSR count). The second kappa shape index (κ2) is 8.05. The first-order chi connectivity index (χ1) is 8.63. The first-order valence-corrected chi connectivity index (χ1v) is 9.09. The van der Waals surface area contributed by atoms with E-state index in [1.165, 1.54) is 0 Å². The van der Waals surface area contributed by atoms with Gasteiger partial charge in [0.15, 0.2) is 5.78 Å². The van der Waals surface area contributed by atoms with Crippen LogP contribution in [0.1, 0.15) is 27.2 Å². The molecule has 0 aromatic heterocycles. The molecule has 6 nitrogen and oxygen atoms in total. The van der Waals surface area contributed by atoms with E-state index in [0.717, 1.165) is 8.93 Å². The number of carboxylic acid groups (broad SMARTS) is 1. The quantitative estimate of drug-likeness (QED) is 0.548. The third kappa shape index (κ3) is 6.57. The third-order valence-corrected chi connectivity index (χ3v) is 4.81. The Labute approximate surface area is 128 Å². The molecule has 0 fully saturated rings. The van der Waals surface area contributed by atoms with E-state index in [1.54, 1.807) is 20.8 Å². The van der Waals surface area contributed by atoms with Crippen LogP contribution in [0.4, 0.5) is 0 Å². The van der Waals surface area contributed by atoms with Crippen LogP contribution in [0, 0.1) is 5.41 Å². The standard InChI is InChI=1S/C11H19IN2O4S/c1-11(2,3)9(17)6(5-13)14-10(18)7(19-12)4-8(15)16/h6-7H,4-5,13H2,1-3H3,(H,14,18)(H,15,16). The second-order valence-electron chi connectivity index (χ2n) is 5.09. The van der Waals surface area contributed by atoms with Crippen LogP contribution in [-0.2, 0) is 14.4 Å². The van der Waals surface area contributed by atoms with Crippen molar-refractivity contribution in [2.45, 2.75) is 38.5 Å². The van der Waals surface area contributed by atoms with Crippen molar-refractivity contribution in [3.63, 3.8) is 0 Å². The normalized spacial score (nSPS) is 14.6. The summed E-state index contributed by atoms with van der Waals surface area (Å²) in [5.74, 6) is -1.71. The molecular formula is C11H19IN2O4S. The number of carbonyl (C=O) groups excluding carboxylic acids is 2. The average molecular weight is 402 g/mol. The highest BCUT2D eigenvalue weighted by molar-refractivity contribution is 14.2. The summed E-state index contributed by atoms with van der Waals surface area (Å²) in [4.78, 5) is 34.6. The number of carboxylic acids is 1. The van der Waals surface area contributed by atoms with Crippen molar-refractivity contribution in [2.75, 3.05) is 6.54 Å². The summed E-state index contributed by atoms with van der Waals surface area (Å²) in [5, 5.41) is 10.5. The lowest BCUT2D eigenvalue weighted by molar-refractivity contribution is -0.138. The summed E-state index contributed by atoms with van der Waals surface area (Å²) in [6.45, 7) is 5.22. The van der Waals surface area contributed by atoms with Gasteiger partial charge in [-0.05, 0) is 21.2 Å². The Hall–Kier alpha value is -0.350. The molecule has 2 unspecified atom stereocenters. The Morgan fingerprint density at radius 3 is 2.21 bits per heavy atom. The number of rotatable bonds is 7. The van der Waals surface area contributed by atoms with Crippen LogP contribution in [0.3, 0.4) is 0 Å². The van der Waals surface area contributed by atoms with Gasteiger partial charge in [0.1, 0.15) is 11.3 Å². The Bertz CT molecular complexity index is 357. The van der Waals surface area contributed by atoms with Crippen molar-refractivity contribution < 1.29 is 19.5 Å². The number of ketones is 1. The summed E-state index contributed by atoms with van der Waals surface area (Å²) in [6.07, 6.45) is -0.291. The Morgan fingerprint density at radius 1 is 1.37 bits per heavy atom. The number of hydrogen-bond acceptors (Lipinski definition) is 5. The number of nitrogens with one attached hydrogen (secondary N) is 1. The molecule has 110 valence electrons. The molecule has 0 aliphatic carbocycles. The molecule has 0 aliphatic rings. The molecule has 19 heavy (non-hydrogen) atoms. The molecule has 0 aromatic carbocycles. The third-order valence-electron chi connectivity index (χ3n) is 2.37. The van der Waals surface area contributed by atoms with Gasteiger partial charge >= 0.3 is 5.97 Å². The molecule has 0 saturated carbocycles. The Balaban J connectivity index is 4.74. The van der Waals surface area contributed by atoms with E-state index in [4.69, 9.17) is 10.8 Å². The minimum Gasteiger partial charge on any atom is -0.481 e. The van der Waals surface area contributed by atoms with E-state index < -0.39 is 28.6 Å². The van der Waals surface area contributed by atoms with Gasteiger partial charge in [-0.2, -0.15) is 0 Å². The van der Waals surface area contributed by atoms with Gasteiger partial charge in [0.05, 0.1) is 6.42 Å². The fourth-order valence-electron chi connectivity index (χ4n) is 1.34. The maximum absolute atomic E-state index is 12.0. The highest BCUT2D eigenvalue weighted by atomic mass is 127. The van der Waals surface area contributed by atoms with Crippen LogP contribution < -0.4 is 11.1 Å². The average Bonchev–Trinajstić information content (AvgIpc) is 2.30. The largest absolute Gasteiger partial charge is 0.481 e. The second-order valence-corrected chi connectivity index (χ2v) is 7.36. The molecule has 0 aliphatic heterocycles. The van der Waals surface area contributed by atoms with E-state index in [2.05, 4.69) is 5.32 Å². The van der Waals surface area contributed by atoms with Crippen molar-refractivity contribution in [2.24, 2.45) is 11.1 Å². The minimum atomic E-state index is -1.06. The Kier molecular flexibility index (Phi) is 7.90. The van der Waals surface area contributed by atoms with Crippen molar-refractivity contribution in [1.82, 2.24) is 5.32 Å². The van der Waals surface area contributed by atoms with E-state index in [1.807, 2.05) is 21.2 Å². The van der Waals surface area contributed by atoms with E-state index >= 15 is 0 Å². The highest BCUT2D eigenvalue weighted by Crippen LogP contribution is 2.23. The molecule has 8 heteroatoms. The van der Waals surface area contributed by atoms with Crippen molar-refractivity contribution in [1.29, 1.82) is 0 Å². The zero-order chi connectivity index (χ0) is 15.2. The molecule has 0 aromatic rings. The highest BCUT2D eigenvalue weighted by Gasteiger charge is 2.32. The summed E-state index contributed by atoms with van der Waals surface area (Å²) < 4.78 is 0. The van der Waals surface area contributed by atoms with Crippen LogP contribution in [0.2, 0.25) is 0 Å². The monoisotopic (exact) mass is 402 g/mol. The Morgan fingerprint density at radius 2 is 1.89 bits per heavy atom. The van der Waals surface area contributed by atoms with Gasteiger partial charge in [-0.1, -0.05) is 29.7 Å². The van der Waals surface area contributed by atoms with Crippen LogP contribution in [-0.4, -0.2) is 40.6 Å². The predicted octanol–water partition coefficient (Wildman–Crippen LogP) is 0.972.